The Morgan fingerprint density at radius 3 is 2.40 bits per heavy atom. The van der Waals surface area contributed by atoms with Crippen molar-refractivity contribution in [3.63, 3.8) is 0 Å². The van der Waals surface area contributed by atoms with Crippen LogP contribution in [0.15, 0.2) is 67.0 Å². The van der Waals surface area contributed by atoms with Gasteiger partial charge in [-0.2, -0.15) is 0 Å². The lowest BCUT2D eigenvalue weighted by Crippen LogP contribution is -2.64. The molecule has 3 heterocycles. The van der Waals surface area contributed by atoms with Gasteiger partial charge in [0.1, 0.15) is 17.0 Å². The smallest absolute Gasteiger partial charge is 0.273 e. The molecule has 0 saturated heterocycles. The molecule has 1 aliphatic carbocycles. The van der Waals surface area contributed by atoms with Gasteiger partial charge in [-0.05, 0) is 62.6 Å². The second kappa shape index (κ2) is 10.5. The number of hydrogen-bond donors (Lipinski definition) is 1. The topological polar surface area (TPSA) is 68.5 Å². The molecule has 7 nitrogen and oxygen atoms in total. The Labute approximate surface area is 235 Å². The monoisotopic (exact) mass is 538 g/mol. The minimum Gasteiger partial charge on any atom is -0.497 e. The van der Waals surface area contributed by atoms with Crippen molar-refractivity contribution in [2.24, 2.45) is 0 Å². The first-order valence-corrected chi connectivity index (χ1v) is 14.4. The summed E-state index contributed by atoms with van der Waals surface area (Å²) in [7, 11) is 1.65. The highest BCUT2D eigenvalue weighted by Crippen LogP contribution is 2.40. The molecule has 2 aromatic carbocycles. The molecule has 208 valence electrons. The van der Waals surface area contributed by atoms with Gasteiger partial charge in [0.05, 0.1) is 24.9 Å². The Hall–Kier alpha value is -4.00. The van der Waals surface area contributed by atoms with Crippen LogP contribution in [0.1, 0.15) is 67.1 Å². The van der Waals surface area contributed by atoms with E-state index in [9.17, 15) is 9.59 Å². The van der Waals surface area contributed by atoms with Gasteiger partial charge in [0, 0.05) is 30.4 Å². The van der Waals surface area contributed by atoms with Gasteiger partial charge in [-0.15, -0.1) is 0 Å². The van der Waals surface area contributed by atoms with E-state index in [0.29, 0.717) is 18.8 Å². The number of fused-ring (bicyclic) bond motifs is 3. The second-order valence-electron chi connectivity index (χ2n) is 11.6. The molecular weight excluding hydrogens is 500 g/mol. The van der Waals surface area contributed by atoms with Gasteiger partial charge >= 0.3 is 0 Å². The van der Waals surface area contributed by atoms with E-state index in [-0.39, 0.29) is 17.9 Å². The van der Waals surface area contributed by atoms with Crippen LogP contribution in [0.5, 0.6) is 5.75 Å². The molecule has 2 amide bonds. The van der Waals surface area contributed by atoms with Crippen molar-refractivity contribution < 1.29 is 14.3 Å². The number of carbonyl (C=O) groups excluding carboxylic acids is 2. The van der Waals surface area contributed by atoms with Crippen LogP contribution in [0.2, 0.25) is 0 Å². The zero-order valence-corrected chi connectivity index (χ0v) is 23.7. The van der Waals surface area contributed by atoms with Gasteiger partial charge in [0.2, 0.25) is 5.91 Å². The lowest BCUT2D eigenvalue weighted by molar-refractivity contribution is -0.134. The van der Waals surface area contributed by atoms with E-state index < -0.39 is 5.54 Å². The second-order valence-corrected chi connectivity index (χ2v) is 11.6. The van der Waals surface area contributed by atoms with E-state index in [4.69, 9.17) is 4.74 Å². The van der Waals surface area contributed by atoms with Gasteiger partial charge in [-0.1, -0.05) is 55.5 Å². The normalized spacial score (nSPS) is 19.9. The highest BCUT2D eigenvalue weighted by molar-refractivity contribution is 6.09. The number of aryl methyl sites for hydroxylation is 1. The van der Waals surface area contributed by atoms with Crippen LogP contribution < -0.4 is 10.1 Å². The van der Waals surface area contributed by atoms with E-state index >= 15 is 0 Å². The maximum absolute atomic E-state index is 14.7. The summed E-state index contributed by atoms with van der Waals surface area (Å²) < 4.78 is 9.60. The van der Waals surface area contributed by atoms with E-state index in [0.717, 1.165) is 59.2 Å². The minimum atomic E-state index is -1.07. The molecule has 2 aliphatic rings. The summed E-state index contributed by atoms with van der Waals surface area (Å²) in [6, 6.07) is 18.2. The molecule has 0 radical (unpaired) electrons. The van der Waals surface area contributed by atoms with Gasteiger partial charge in [0.25, 0.3) is 5.91 Å². The minimum absolute atomic E-state index is 0.0802. The van der Waals surface area contributed by atoms with Crippen molar-refractivity contribution in [1.82, 2.24) is 19.4 Å². The Morgan fingerprint density at radius 2 is 1.73 bits per heavy atom. The van der Waals surface area contributed by atoms with Crippen molar-refractivity contribution in [1.29, 1.82) is 0 Å². The molecule has 7 heteroatoms. The quantitative estimate of drug-likeness (QED) is 0.306. The molecule has 1 aliphatic heterocycles. The number of nitrogens with zero attached hydrogens (tertiary/aromatic N) is 3. The third kappa shape index (κ3) is 4.57. The first kappa shape index (κ1) is 26.2. The predicted octanol–water partition coefficient (Wildman–Crippen LogP) is 6.00. The average Bonchev–Trinajstić information content (AvgIpc) is 3.51. The summed E-state index contributed by atoms with van der Waals surface area (Å²) in [5, 5.41) is 4.29. The number of amides is 2. The van der Waals surface area contributed by atoms with Gasteiger partial charge in [-0.3, -0.25) is 9.59 Å². The summed E-state index contributed by atoms with van der Waals surface area (Å²) in [5.74, 6) is 0.495. The standard InChI is InChI=1S/C33H38N4O3/c1-23-12-14-24(15-13-23)21-37-31(38)30-29(35-18-8-9-19-35)27-20-26(40-3)16-17-28(27)36(30)22-33(37,2)32(39)34-25-10-6-4-5-7-11-25/h8-9,12-20,25H,4-7,10-11,21-22H2,1-3H3,(H,34,39). The molecule has 6 rings (SSSR count). The number of ether oxygens (including phenoxy) is 1. The largest absolute Gasteiger partial charge is 0.497 e. The van der Waals surface area contributed by atoms with Crippen molar-refractivity contribution in [3.8, 4) is 11.4 Å². The summed E-state index contributed by atoms with van der Waals surface area (Å²) in [5.41, 5.74) is 3.40. The molecule has 40 heavy (non-hydrogen) atoms. The van der Waals surface area contributed by atoms with Crippen molar-refractivity contribution >= 4 is 22.7 Å². The van der Waals surface area contributed by atoms with Gasteiger partial charge in [0.15, 0.2) is 0 Å². The Morgan fingerprint density at radius 1 is 1.02 bits per heavy atom. The van der Waals surface area contributed by atoms with Crippen molar-refractivity contribution in [2.45, 2.75) is 77.0 Å². The Bertz CT molecular complexity index is 1530. The summed E-state index contributed by atoms with van der Waals surface area (Å²) in [4.78, 5) is 30.7. The number of benzene rings is 2. The zero-order chi connectivity index (χ0) is 27.9. The number of hydrogen-bond acceptors (Lipinski definition) is 3. The van der Waals surface area contributed by atoms with E-state index in [1.54, 1.807) is 12.0 Å². The molecule has 4 aromatic rings. The van der Waals surface area contributed by atoms with Gasteiger partial charge in [-0.25, -0.2) is 0 Å². The van der Waals surface area contributed by atoms with E-state index in [1.807, 2.05) is 70.9 Å². The Kier molecular flexibility index (Phi) is 6.90. The molecular formula is C33H38N4O3. The van der Waals surface area contributed by atoms with Crippen LogP contribution in [0, 0.1) is 6.92 Å². The maximum atomic E-state index is 14.7. The van der Waals surface area contributed by atoms with Crippen molar-refractivity contribution in [2.75, 3.05) is 7.11 Å². The fraction of sp³-hybridized carbons (Fsp3) is 0.394. The van der Waals surface area contributed by atoms with Crippen LogP contribution in [0.25, 0.3) is 16.6 Å². The molecule has 1 fully saturated rings. The number of nitrogens with one attached hydrogen (secondary N) is 1. The number of methoxy groups -OCH3 is 1. The van der Waals surface area contributed by atoms with E-state index in [2.05, 4.69) is 24.4 Å². The maximum Gasteiger partial charge on any atom is 0.273 e. The molecule has 1 atom stereocenters. The summed E-state index contributed by atoms with van der Waals surface area (Å²) >= 11 is 0. The molecule has 0 bridgehead atoms. The lowest BCUT2D eigenvalue weighted by atomic mass is 9.92. The molecule has 1 unspecified atom stereocenters. The van der Waals surface area contributed by atoms with Crippen LogP contribution in [-0.4, -0.2) is 44.5 Å². The molecule has 1 N–H and O–H groups in total. The summed E-state index contributed by atoms with van der Waals surface area (Å²) in [6.07, 6.45) is 10.6. The first-order valence-electron chi connectivity index (χ1n) is 14.4. The highest BCUT2D eigenvalue weighted by atomic mass is 16.5. The molecule has 0 spiro atoms. The fourth-order valence-electron chi connectivity index (χ4n) is 6.40. The average molecular weight is 539 g/mol. The van der Waals surface area contributed by atoms with Crippen LogP contribution in [0.3, 0.4) is 0 Å². The van der Waals surface area contributed by atoms with Crippen LogP contribution in [-0.2, 0) is 17.9 Å². The van der Waals surface area contributed by atoms with Gasteiger partial charge < -0.3 is 24.1 Å². The fourth-order valence-corrected chi connectivity index (χ4v) is 6.40. The summed E-state index contributed by atoms with van der Waals surface area (Å²) in [6.45, 7) is 4.70. The molecule has 1 saturated carbocycles. The third-order valence-corrected chi connectivity index (χ3v) is 8.76. The number of rotatable bonds is 6. The lowest BCUT2D eigenvalue weighted by Gasteiger charge is -2.45. The SMILES string of the molecule is COc1ccc2c(c1)c(-n1cccc1)c1n2CC(C)(C(=O)NC2CCCCCC2)N(Cc2ccc(C)cc2)C1=O. The Balaban J connectivity index is 1.49. The predicted molar refractivity (Wildman–Crippen MR) is 157 cm³/mol. The van der Waals surface area contributed by atoms with Crippen LogP contribution >= 0.6 is 0 Å². The van der Waals surface area contributed by atoms with E-state index in [1.165, 1.54) is 12.8 Å². The molecule has 2 aromatic heterocycles. The van der Waals surface area contributed by atoms with Crippen molar-refractivity contribution in [3.05, 3.63) is 83.8 Å². The zero-order valence-electron chi connectivity index (χ0n) is 23.7. The highest BCUT2D eigenvalue weighted by Gasteiger charge is 2.49. The van der Waals surface area contributed by atoms with Crippen LogP contribution in [0.4, 0.5) is 0 Å². The first-order chi connectivity index (χ1) is 19.4. The number of aromatic nitrogens is 2. The number of carbonyl (C=O) groups is 2. The third-order valence-electron chi connectivity index (χ3n) is 8.76.